The highest BCUT2D eigenvalue weighted by Gasteiger charge is 2.23. The van der Waals surface area contributed by atoms with Crippen LogP contribution in [-0.4, -0.2) is 27.1 Å². The number of hydrogen-bond donors (Lipinski definition) is 1. The summed E-state index contributed by atoms with van der Waals surface area (Å²) in [7, 11) is 0. The van der Waals surface area contributed by atoms with Gasteiger partial charge in [0, 0.05) is 4.88 Å². The molecule has 0 saturated carbocycles. The lowest BCUT2D eigenvalue weighted by molar-refractivity contribution is 0.0688. The first-order chi connectivity index (χ1) is 11.6. The van der Waals surface area contributed by atoms with Gasteiger partial charge in [-0.15, -0.1) is 11.3 Å². The fraction of sp³-hybridized carbons (Fsp3) is 0.333. The Morgan fingerprint density at radius 2 is 2.00 bits per heavy atom. The zero-order valence-corrected chi connectivity index (χ0v) is 14.8. The van der Waals surface area contributed by atoms with Crippen LogP contribution in [0.15, 0.2) is 24.3 Å². The van der Waals surface area contributed by atoms with Gasteiger partial charge in [-0.1, -0.05) is 13.8 Å². The van der Waals surface area contributed by atoms with Gasteiger partial charge in [0.2, 0.25) is 0 Å². The number of benzene rings is 1. The van der Waals surface area contributed by atoms with Gasteiger partial charge >= 0.3 is 5.97 Å². The smallest absolute Gasteiger partial charge is 0.354 e. The number of rotatable bonds is 6. The third kappa shape index (κ3) is 2.78. The number of imidazole rings is 1. The van der Waals surface area contributed by atoms with Crippen molar-refractivity contribution >= 4 is 22.3 Å². The molecule has 0 fully saturated rings. The molecular formula is C18H20N2O3S. The number of ether oxygens (including phenoxy) is 1. The molecule has 0 unspecified atom stereocenters. The van der Waals surface area contributed by atoms with Crippen molar-refractivity contribution in [3.63, 3.8) is 0 Å². The summed E-state index contributed by atoms with van der Waals surface area (Å²) >= 11 is 1.55. The molecule has 0 radical (unpaired) electrons. The van der Waals surface area contributed by atoms with Crippen molar-refractivity contribution in [2.45, 2.75) is 33.6 Å². The zero-order valence-electron chi connectivity index (χ0n) is 14.0. The molecule has 24 heavy (non-hydrogen) atoms. The summed E-state index contributed by atoms with van der Waals surface area (Å²) in [5.74, 6) is -0.130. The summed E-state index contributed by atoms with van der Waals surface area (Å²) in [5.41, 5.74) is 2.67. The average molecular weight is 344 g/mol. The van der Waals surface area contributed by atoms with E-state index in [0.29, 0.717) is 12.3 Å². The molecule has 0 spiro atoms. The van der Waals surface area contributed by atoms with Crippen LogP contribution in [0.25, 0.3) is 16.2 Å². The van der Waals surface area contributed by atoms with Gasteiger partial charge < -0.3 is 9.84 Å². The second-order valence-corrected chi connectivity index (χ2v) is 6.63. The second kappa shape index (κ2) is 6.65. The van der Waals surface area contributed by atoms with Crippen molar-refractivity contribution in [3.05, 3.63) is 40.5 Å². The minimum Gasteiger partial charge on any atom is -0.494 e. The third-order valence-corrected chi connectivity index (χ3v) is 5.03. The van der Waals surface area contributed by atoms with E-state index in [1.807, 2.05) is 24.3 Å². The van der Waals surface area contributed by atoms with E-state index in [9.17, 15) is 9.90 Å². The number of hydrogen-bond acceptors (Lipinski definition) is 4. The Bertz CT molecular complexity index is 878. The standard InChI is InChI=1S/C18H20N2O3S/c1-4-10-23-13-8-6-12(7-9-13)16-14(5-2)24-18-19-11(3)15(17(21)22)20(16)18/h6-9H,4-5,10H2,1-3H3,(H,21,22). The van der Waals surface area contributed by atoms with E-state index in [0.717, 1.165) is 39.7 Å². The normalized spacial score (nSPS) is 11.1. The number of aromatic nitrogens is 2. The van der Waals surface area contributed by atoms with Crippen molar-refractivity contribution in [1.29, 1.82) is 0 Å². The number of aryl methyl sites for hydroxylation is 2. The molecular weight excluding hydrogens is 324 g/mol. The number of carboxylic acid groups (broad SMARTS) is 1. The topological polar surface area (TPSA) is 63.8 Å². The Kier molecular flexibility index (Phi) is 4.57. The molecule has 1 aromatic carbocycles. The molecule has 0 aliphatic rings. The molecule has 2 heterocycles. The van der Waals surface area contributed by atoms with Crippen LogP contribution < -0.4 is 4.74 Å². The fourth-order valence-corrected chi connectivity index (χ4v) is 3.90. The quantitative estimate of drug-likeness (QED) is 0.719. The lowest BCUT2D eigenvalue weighted by Gasteiger charge is -2.08. The Labute approximate surface area is 144 Å². The molecule has 5 nitrogen and oxygen atoms in total. The van der Waals surface area contributed by atoms with Crippen LogP contribution >= 0.6 is 11.3 Å². The van der Waals surface area contributed by atoms with Crippen LogP contribution in [0.5, 0.6) is 5.75 Å². The van der Waals surface area contributed by atoms with Gasteiger partial charge in [0.1, 0.15) is 5.75 Å². The summed E-state index contributed by atoms with van der Waals surface area (Å²) in [4.78, 5) is 17.9. The van der Waals surface area contributed by atoms with Gasteiger partial charge in [-0.2, -0.15) is 0 Å². The highest BCUT2D eigenvalue weighted by atomic mass is 32.1. The molecule has 2 aromatic heterocycles. The third-order valence-electron chi connectivity index (χ3n) is 3.85. The van der Waals surface area contributed by atoms with Crippen molar-refractivity contribution in [1.82, 2.24) is 9.38 Å². The second-order valence-electron chi connectivity index (χ2n) is 5.57. The molecule has 0 saturated heterocycles. The highest BCUT2D eigenvalue weighted by Crippen LogP contribution is 2.35. The SMILES string of the molecule is CCCOc1ccc(-c2c(CC)sc3nc(C)c(C(=O)O)n23)cc1. The first kappa shape index (κ1) is 16.5. The van der Waals surface area contributed by atoms with Crippen LogP contribution in [0, 0.1) is 6.92 Å². The molecule has 0 atom stereocenters. The van der Waals surface area contributed by atoms with Crippen molar-refractivity contribution < 1.29 is 14.6 Å². The summed E-state index contributed by atoms with van der Waals surface area (Å²) < 4.78 is 7.39. The molecule has 3 aromatic rings. The van der Waals surface area contributed by atoms with Crippen LogP contribution in [0.2, 0.25) is 0 Å². The van der Waals surface area contributed by atoms with Gasteiger partial charge in [0.25, 0.3) is 0 Å². The average Bonchev–Trinajstić information content (AvgIpc) is 3.07. The molecule has 0 aliphatic carbocycles. The van der Waals surface area contributed by atoms with Gasteiger partial charge in [-0.05, 0) is 49.6 Å². The Morgan fingerprint density at radius 1 is 1.29 bits per heavy atom. The number of nitrogens with zero attached hydrogens (tertiary/aromatic N) is 2. The Morgan fingerprint density at radius 3 is 2.58 bits per heavy atom. The molecule has 3 rings (SSSR count). The minimum atomic E-state index is -0.954. The van der Waals surface area contributed by atoms with Gasteiger partial charge in [0.15, 0.2) is 10.7 Å². The molecule has 0 bridgehead atoms. The molecule has 0 amide bonds. The number of carbonyl (C=O) groups is 1. The number of aromatic carboxylic acids is 1. The van der Waals surface area contributed by atoms with Gasteiger partial charge in [-0.25, -0.2) is 9.78 Å². The van der Waals surface area contributed by atoms with Crippen molar-refractivity contribution in [2.75, 3.05) is 6.61 Å². The summed E-state index contributed by atoms with van der Waals surface area (Å²) in [6, 6.07) is 7.82. The van der Waals surface area contributed by atoms with E-state index < -0.39 is 5.97 Å². The van der Waals surface area contributed by atoms with Crippen molar-refractivity contribution in [3.8, 4) is 17.0 Å². The van der Waals surface area contributed by atoms with E-state index in [2.05, 4.69) is 18.8 Å². The first-order valence-electron chi connectivity index (χ1n) is 8.04. The van der Waals surface area contributed by atoms with E-state index in [-0.39, 0.29) is 5.69 Å². The zero-order chi connectivity index (χ0) is 17.3. The molecule has 6 heteroatoms. The minimum absolute atomic E-state index is 0.238. The highest BCUT2D eigenvalue weighted by molar-refractivity contribution is 7.17. The Balaban J connectivity index is 2.15. The predicted octanol–water partition coefficient (Wildman–Crippen LogP) is 4.42. The van der Waals surface area contributed by atoms with Crippen LogP contribution in [0.1, 0.15) is 41.3 Å². The van der Waals surface area contributed by atoms with E-state index in [1.165, 1.54) is 0 Å². The molecule has 126 valence electrons. The maximum absolute atomic E-state index is 11.7. The number of carboxylic acids is 1. The van der Waals surface area contributed by atoms with E-state index >= 15 is 0 Å². The number of fused-ring (bicyclic) bond motifs is 1. The van der Waals surface area contributed by atoms with Crippen LogP contribution in [0.3, 0.4) is 0 Å². The summed E-state index contributed by atoms with van der Waals surface area (Å²) in [6.07, 6.45) is 1.79. The summed E-state index contributed by atoms with van der Waals surface area (Å²) in [5, 5.41) is 9.57. The molecule has 0 aliphatic heterocycles. The van der Waals surface area contributed by atoms with Crippen LogP contribution in [0.4, 0.5) is 0 Å². The first-order valence-corrected chi connectivity index (χ1v) is 8.85. The Hall–Kier alpha value is -2.34. The largest absolute Gasteiger partial charge is 0.494 e. The van der Waals surface area contributed by atoms with Crippen LogP contribution in [-0.2, 0) is 6.42 Å². The summed E-state index contributed by atoms with van der Waals surface area (Å²) in [6.45, 7) is 6.56. The monoisotopic (exact) mass is 344 g/mol. The maximum atomic E-state index is 11.7. The van der Waals surface area contributed by atoms with Gasteiger partial charge in [0.05, 0.1) is 18.0 Å². The molecule has 1 N–H and O–H groups in total. The maximum Gasteiger partial charge on any atom is 0.354 e. The van der Waals surface area contributed by atoms with E-state index in [4.69, 9.17) is 4.74 Å². The lowest BCUT2D eigenvalue weighted by atomic mass is 10.1. The van der Waals surface area contributed by atoms with E-state index in [1.54, 1.807) is 22.7 Å². The lowest BCUT2D eigenvalue weighted by Crippen LogP contribution is -2.05. The fourth-order valence-electron chi connectivity index (χ4n) is 2.77. The van der Waals surface area contributed by atoms with Crippen molar-refractivity contribution in [2.24, 2.45) is 0 Å². The number of thiazole rings is 1. The van der Waals surface area contributed by atoms with Gasteiger partial charge in [-0.3, -0.25) is 4.40 Å². The predicted molar refractivity (Wildman–Crippen MR) is 95.4 cm³/mol.